The van der Waals surface area contributed by atoms with Crippen molar-refractivity contribution in [1.82, 2.24) is 0 Å². The van der Waals surface area contributed by atoms with Crippen LogP contribution in [0.3, 0.4) is 0 Å². The largest absolute Gasteiger partial charge is 0.487 e. The van der Waals surface area contributed by atoms with Crippen molar-refractivity contribution in [3.05, 3.63) is 21.3 Å². The molecule has 3 rings (SSSR count). The minimum absolute atomic E-state index is 0.193. The van der Waals surface area contributed by atoms with Crippen LogP contribution in [0.2, 0.25) is 0 Å². The lowest BCUT2D eigenvalue weighted by Gasteiger charge is -2.27. The summed E-state index contributed by atoms with van der Waals surface area (Å²) in [5.41, 5.74) is 0. The number of hydrogen-bond donors (Lipinski definition) is 0. The molecule has 4 nitrogen and oxygen atoms in total. The first kappa shape index (κ1) is 10.3. The van der Waals surface area contributed by atoms with Crippen molar-refractivity contribution in [2.45, 2.75) is 0 Å². The molecule has 0 N–H and O–H groups in total. The van der Waals surface area contributed by atoms with E-state index in [9.17, 15) is 9.59 Å². The molecule has 84 valence electrons. The zero-order valence-electron chi connectivity index (χ0n) is 8.28. The maximum Gasteiger partial charge on any atom is 0.239 e. The summed E-state index contributed by atoms with van der Waals surface area (Å²) in [6.07, 6.45) is 0. The standard InChI is InChI=1S/C10H8O4S2/c11-5-7-9(15-3-1-13-7)6(12)8-10(5)16-4-2-14-8/h1-4H2. The van der Waals surface area contributed by atoms with Crippen molar-refractivity contribution in [3.8, 4) is 0 Å². The minimum atomic E-state index is -0.193. The number of hydrogen-bond acceptors (Lipinski definition) is 6. The zero-order valence-corrected chi connectivity index (χ0v) is 9.91. The van der Waals surface area contributed by atoms with Crippen molar-refractivity contribution in [3.63, 3.8) is 0 Å². The van der Waals surface area contributed by atoms with Crippen LogP contribution in [0.1, 0.15) is 0 Å². The van der Waals surface area contributed by atoms with E-state index in [0.29, 0.717) is 34.5 Å². The lowest BCUT2D eigenvalue weighted by atomic mass is 10.1. The predicted octanol–water partition coefficient (Wildman–Crippen LogP) is 1.09. The third-order valence-electron chi connectivity index (χ3n) is 2.39. The number of Topliss-reactive ketones (excluding diaryl/α,β-unsaturated/α-hetero) is 2. The molecule has 16 heavy (non-hydrogen) atoms. The molecule has 0 saturated carbocycles. The summed E-state index contributed by atoms with van der Waals surface area (Å²) in [5.74, 6) is 1.46. The Kier molecular flexibility index (Phi) is 2.48. The number of rotatable bonds is 0. The van der Waals surface area contributed by atoms with E-state index >= 15 is 0 Å². The first-order valence-electron chi connectivity index (χ1n) is 4.88. The summed E-state index contributed by atoms with van der Waals surface area (Å²) in [7, 11) is 0. The van der Waals surface area contributed by atoms with Crippen molar-refractivity contribution >= 4 is 35.1 Å². The summed E-state index contributed by atoms with van der Waals surface area (Å²) in [6, 6.07) is 0. The molecule has 0 bridgehead atoms. The lowest BCUT2D eigenvalue weighted by molar-refractivity contribution is -0.120. The molecule has 0 saturated heterocycles. The van der Waals surface area contributed by atoms with Gasteiger partial charge in [-0.1, -0.05) is 0 Å². The average molecular weight is 256 g/mol. The molecule has 0 amide bonds. The van der Waals surface area contributed by atoms with Gasteiger partial charge in [0.15, 0.2) is 11.5 Å². The highest BCUT2D eigenvalue weighted by Crippen LogP contribution is 2.40. The molecule has 0 radical (unpaired) electrons. The van der Waals surface area contributed by atoms with Crippen LogP contribution in [0.15, 0.2) is 21.3 Å². The molecular weight excluding hydrogens is 248 g/mol. The van der Waals surface area contributed by atoms with Gasteiger partial charge in [-0.2, -0.15) is 0 Å². The Morgan fingerprint density at radius 1 is 0.812 bits per heavy atom. The van der Waals surface area contributed by atoms with Crippen molar-refractivity contribution in [2.75, 3.05) is 24.7 Å². The first-order valence-corrected chi connectivity index (χ1v) is 6.85. The van der Waals surface area contributed by atoms with Gasteiger partial charge < -0.3 is 9.47 Å². The molecule has 0 unspecified atom stereocenters. The Labute approximate surface area is 100 Å². The maximum absolute atomic E-state index is 12.0. The SMILES string of the molecule is O=C1C2=C(SCCO2)C(=O)C2=C1SCCO2. The van der Waals surface area contributed by atoms with Gasteiger partial charge in [-0.15, -0.1) is 23.5 Å². The summed E-state index contributed by atoms with van der Waals surface area (Å²) >= 11 is 2.75. The highest BCUT2D eigenvalue weighted by Gasteiger charge is 2.40. The topological polar surface area (TPSA) is 52.6 Å². The first-order chi connectivity index (χ1) is 7.79. The van der Waals surface area contributed by atoms with Gasteiger partial charge in [0, 0.05) is 11.5 Å². The Balaban J connectivity index is 2.08. The normalized spacial score (nSPS) is 24.8. The number of thioether (sulfide) groups is 2. The Hall–Kier alpha value is -0.880. The van der Waals surface area contributed by atoms with Crippen LogP contribution in [0, 0.1) is 0 Å². The van der Waals surface area contributed by atoms with E-state index in [1.165, 1.54) is 23.5 Å². The molecule has 1 aliphatic carbocycles. The second kappa shape index (κ2) is 3.85. The van der Waals surface area contributed by atoms with Crippen molar-refractivity contribution < 1.29 is 19.1 Å². The number of carbonyl (C=O) groups excluding carboxylic acids is 2. The lowest BCUT2D eigenvalue weighted by Crippen LogP contribution is -2.29. The van der Waals surface area contributed by atoms with Gasteiger partial charge in [-0.3, -0.25) is 9.59 Å². The summed E-state index contributed by atoms with van der Waals surface area (Å²) in [4.78, 5) is 24.9. The molecule has 3 aliphatic rings. The molecule has 0 fully saturated rings. The molecule has 2 heterocycles. The summed E-state index contributed by atoms with van der Waals surface area (Å²) in [5, 5.41) is 0. The van der Waals surface area contributed by atoms with Crippen LogP contribution in [-0.2, 0) is 19.1 Å². The predicted molar refractivity (Wildman–Crippen MR) is 60.9 cm³/mol. The zero-order chi connectivity index (χ0) is 11.1. The van der Waals surface area contributed by atoms with E-state index in [-0.39, 0.29) is 23.1 Å². The van der Waals surface area contributed by atoms with Gasteiger partial charge in [0.05, 0.1) is 13.2 Å². The van der Waals surface area contributed by atoms with Gasteiger partial charge >= 0.3 is 0 Å². The van der Waals surface area contributed by atoms with Crippen LogP contribution in [0.25, 0.3) is 0 Å². The van der Waals surface area contributed by atoms with E-state index in [0.717, 1.165) is 0 Å². The van der Waals surface area contributed by atoms with Gasteiger partial charge in [0.1, 0.15) is 9.81 Å². The highest BCUT2D eigenvalue weighted by atomic mass is 32.2. The number of carbonyl (C=O) groups is 2. The maximum atomic E-state index is 12.0. The van der Waals surface area contributed by atoms with Gasteiger partial charge in [-0.25, -0.2) is 0 Å². The second-order valence-electron chi connectivity index (χ2n) is 3.37. The highest BCUT2D eigenvalue weighted by molar-refractivity contribution is 8.05. The van der Waals surface area contributed by atoms with E-state index in [1.807, 2.05) is 0 Å². The molecule has 0 atom stereocenters. The third kappa shape index (κ3) is 1.40. The fraction of sp³-hybridized carbons (Fsp3) is 0.400. The van der Waals surface area contributed by atoms with Crippen molar-refractivity contribution in [2.24, 2.45) is 0 Å². The molecular formula is C10H8O4S2. The average Bonchev–Trinajstić information content (AvgIpc) is 2.36. The Bertz CT molecular complexity index is 372. The molecule has 0 spiro atoms. The fourth-order valence-corrected chi connectivity index (χ4v) is 3.47. The Morgan fingerprint density at radius 2 is 1.25 bits per heavy atom. The number of ketones is 2. The van der Waals surface area contributed by atoms with Gasteiger partial charge in [0.25, 0.3) is 0 Å². The summed E-state index contributed by atoms with van der Waals surface area (Å²) < 4.78 is 10.6. The van der Waals surface area contributed by atoms with Crippen LogP contribution in [0.5, 0.6) is 0 Å². The number of allylic oxidation sites excluding steroid dienone is 2. The molecule has 0 aromatic rings. The monoisotopic (exact) mass is 256 g/mol. The summed E-state index contributed by atoms with van der Waals surface area (Å²) in [6.45, 7) is 0.966. The van der Waals surface area contributed by atoms with Crippen molar-refractivity contribution in [1.29, 1.82) is 0 Å². The number of ether oxygens (including phenoxy) is 2. The molecule has 0 aromatic heterocycles. The quantitative estimate of drug-likeness (QED) is 0.605. The minimum Gasteiger partial charge on any atom is -0.487 e. The van der Waals surface area contributed by atoms with E-state index in [1.54, 1.807) is 0 Å². The fourth-order valence-electron chi connectivity index (χ4n) is 1.72. The third-order valence-corrected chi connectivity index (χ3v) is 4.45. The van der Waals surface area contributed by atoms with Crippen LogP contribution < -0.4 is 0 Å². The van der Waals surface area contributed by atoms with Crippen LogP contribution in [-0.4, -0.2) is 36.3 Å². The van der Waals surface area contributed by atoms with E-state index in [2.05, 4.69) is 0 Å². The molecule has 0 aromatic carbocycles. The van der Waals surface area contributed by atoms with Gasteiger partial charge in [-0.05, 0) is 0 Å². The molecule has 6 heteroatoms. The van der Waals surface area contributed by atoms with Crippen LogP contribution >= 0.6 is 23.5 Å². The Morgan fingerprint density at radius 3 is 1.69 bits per heavy atom. The second-order valence-corrected chi connectivity index (χ2v) is 5.58. The van der Waals surface area contributed by atoms with E-state index < -0.39 is 0 Å². The molecule has 2 aliphatic heterocycles. The smallest absolute Gasteiger partial charge is 0.239 e. The van der Waals surface area contributed by atoms with Gasteiger partial charge in [0.2, 0.25) is 11.6 Å². The van der Waals surface area contributed by atoms with Crippen LogP contribution in [0.4, 0.5) is 0 Å². The van der Waals surface area contributed by atoms with E-state index in [4.69, 9.17) is 9.47 Å².